The lowest BCUT2D eigenvalue weighted by atomic mass is 10.0. The summed E-state index contributed by atoms with van der Waals surface area (Å²) in [5.41, 5.74) is 3.84. The van der Waals surface area contributed by atoms with Gasteiger partial charge in [0.15, 0.2) is 0 Å². The van der Waals surface area contributed by atoms with Crippen molar-refractivity contribution < 1.29 is 14.7 Å². The summed E-state index contributed by atoms with van der Waals surface area (Å²) >= 11 is 7.34. The van der Waals surface area contributed by atoms with Crippen LogP contribution in [0.1, 0.15) is 35.4 Å². The molecule has 0 aliphatic carbocycles. The van der Waals surface area contributed by atoms with Crippen LogP contribution in [0.4, 0.5) is 5.69 Å². The third-order valence-corrected chi connectivity index (χ3v) is 5.31. The van der Waals surface area contributed by atoms with E-state index in [1.807, 2.05) is 29.6 Å². The number of alkyl halides is 1. The van der Waals surface area contributed by atoms with E-state index in [-0.39, 0.29) is 18.2 Å². The van der Waals surface area contributed by atoms with Crippen LogP contribution in [-0.2, 0) is 35.4 Å². The molecule has 0 saturated heterocycles. The number of hydrogen-bond acceptors (Lipinski definition) is 3. The molecule has 0 unspecified atom stereocenters. The minimum absolute atomic E-state index is 0.0439. The number of carbonyl (C=O) groups is 2. The lowest BCUT2D eigenvalue weighted by Gasteiger charge is -2.27. The predicted molar refractivity (Wildman–Crippen MR) is 103 cm³/mol. The standard InChI is InChI=1S/C19H22ClNO3S/c1-3-13-6-5-7-14(4-2)19(13)21(17(22)11-20)12-16-15(8-9-25-16)10-18(23)24/h5-9H,3-4,10-12H2,1-2H3,(H,23,24). The smallest absolute Gasteiger partial charge is 0.307 e. The van der Waals surface area contributed by atoms with Gasteiger partial charge in [0.2, 0.25) is 5.91 Å². The zero-order valence-corrected chi connectivity index (χ0v) is 16.0. The highest BCUT2D eigenvalue weighted by molar-refractivity contribution is 7.10. The second kappa shape index (κ2) is 9.02. The summed E-state index contributed by atoms with van der Waals surface area (Å²) in [5, 5.41) is 10.9. The molecule has 1 aromatic carbocycles. The Morgan fingerprint density at radius 2 is 1.76 bits per heavy atom. The molecule has 2 aromatic rings. The second-order valence-corrected chi connectivity index (χ2v) is 6.95. The van der Waals surface area contributed by atoms with Gasteiger partial charge in [-0.2, -0.15) is 0 Å². The molecule has 0 fully saturated rings. The molecule has 1 aromatic heterocycles. The Labute approximate surface area is 157 Å². The maximum absolute atomic E-state index is 12.6. The fraction of sp³-hybridized carbons (Fsp3) is 0.368. The Balaban J connectivity index is 2.47. The highest BCUT2D eigenvalue weighted by Gasteiger charge is 2.22. The van der Waals surface area contributed by atoms with Crippen LogP contribution in [0.2, 0.25) is 0 Å². The molecular weight excluding hydrogens is 358 g/mol. The van der Waals surface area contributed by atoms with Crippen molar-refractivity contribution in [1.29, 1.82) is 0 Å². The first-order valence-corrected chi connectivity index (χ1v) is 9.67. The molecule has 6 heteroatoms. The summed E-state index contributed by atoms with van der Waals surface area (Å²) in [7, 11) is 0. The van der Waals surface area contributed by atoms with Crippen LogP contribution in [0, 0.1) is 0 Å². The van der Waals surface area contributed by atoms with Gasteiger partial charge >= 0.3 is 5.97 Å². The number of rotatable bonds is 8. The van der Waals surface area contributed by atoms with Crippen LogP contribution in [0.3, 0.4) is 0 Å². The number of benzene rings is 1. The maximum atomic E-state index is 12.6. The SMILES string of the molecule is CCc1cccc(CC)c1N(Cc1sccc1CC(=O)O)C(=O)CCl. The molecule has 0 aliphatic heterocycles. The molecule has 1 N–H and O–H groups in total. The Bertz CT molecular complexity index is 735. The van der Waals surface area contributed by atoms with Crippen molar-refractivity contribution in [1.82, 2.24) is 0 Å². The van der Waals surface area contributed by atoms with Crippen LogP contribution in [0.5, 0.6) is 0 Å². The summed E-state index contributed by atoms with van der Waals surface area (Å²) in [4.78, 5) is 26.3. The Hall–Kier alpha value is -1.85. The first-order chi connectivity index (χ1) is 12.0. The quantitative estimate of drug-likeness (QED) is 0.697. The second-order valence-electron chi connectivity index (χ2n) is 5.69. The van der Waals surface area contributed by atoms with E-state index < -0.39 is 5.97 Å². The van der Waals surface area contributed by atoms with Crippen molar-refractivity contribution >= 4 is 40.5 Å². The van der Waals surface area contributed by atoms with E-state index in [1.54, 1.807) is 4.90 Å². The molecule has 0 aliphatic rings. The van der Waals surface area contributed by atoms with Gasteiger partial charge in [0, 0.05) is 4.88 Å². The highest BCUT2D eigenvalue weighted by atomic mass is 35.5. The highest BCUT2D eigenvalue weighted by Crippen LogP contribution is 2.30. The van der Waals surface area contributed by atoms with Gasteiger partial charge in [0.05, 0.1) is 18.7 Å². The summed E-state index contributed by atoms with van der Waals surface area (Å²) in [6, 6.07) is 7.86. The average Bonchev–Trinajstić information content (AvgIpc) is 3.04. The number of carbonyl (C=O) groups excluding carboxylic acids is 1. The van der Waals surface area contributed by atoms with Crippen molar-refractivity contribution in [3.05, 3.63) is 51.2 Å². The largest absolute Gasteiger partial charge is 0.481 e. The van der Waals surface area contributed by atoms with E-state index in [9.17, 15) is 9.59 Å². The van der Waals surface area contributed by atoms with E-state index in [0.717, 1.165) is 40.1 Å². The molecule has 1 amide bonds. The van der Waals surface area contributed by atoms with Crippen molar-refractivity contribution in [3.8, 4) is 0 Å². The lowest BCUT2D eigenvalue weighted by molar-refractivity contribution is -0.136. The van der Waals surface area contributed by atoms with Crippen molar-refractivity contribution in [2.45, 2.75) is 39.7 Å². The molecule has 2 rings (SSSR count). The predicted octanol–water partition coefficient (Wildman–Crippen LogP) is 4.27. The minimum atomic E-state index is -0.877. The lowest BCUT2D eigenvalue weighted by Crippen LogP contribution is -2.33. The number of carboxylic acids is 1. The molecule has 0 atom stereocenters. The molecule has 0 radical (unpaired) electrons. The minimum Gasteiger partial charge on any atom is -0.481 e. The van der Waals surface area contributed by atoms with Crippen LogP contribution >= 0.6 is 22.9 Å². The van der Waals surface area contributed by atoms with E-state index in [4.69, 9.17) is 16.7 Å². The van der Waals surface area contributed by atoms with Crippen molar-refractivity contribution in [2.75, 3.05) is 10.8 Å². The number of aryl methyl sites for hydroxylation is 2. The summed E-state index contributed by atoms with van der Waals surface area (Å²) < 4.78 is 0. The van der Waals surface area contributed by atoms with Gasteiger partial charge in [-0.15, -0.1) is 22.9 Å². The van der Waals surface area contributed by atoms with Gasteiger partial charge in [-0.1, -0.05) is 32.0 Å². The van der Waals surface area contributed by atoms with Gasteiger partial charge in [0.1, 0.15) is 5.88 Å². The zero-order valence-electron chi connectivity index (χ0n) is 14.4. The maximum Gasteiger partial charge on any atom is 0.307 e. The number of amides is 1. The summed E-state index contributed by atoms with van der Waals surface area (Å²) in [6.07, 6.45) is 1.57. The molecule has 0 bridgehead atoms. The molecule has 1 heterocycles. The average molecular weight is 380 g/mol. The number of carboxylic acid groups (broad SMARTS) is 1. The van der Waals surface area contributed by atoms with Crippen LogP contribution < -0.4 is 4.90 Å². The van der Waals surface area contributed by atoms with Crippen molar-refractivity contribution in [2.24, 2.45) is 0 Å². The molecule has 25 heavy (non-hydrogen) atoms. The topological polar surface area (TPSA) is 57.6 Å². The summed E-state index contributed by atoms with van der Waals surface area (Å²) in [6.45, 7) is 4.46. The monoisotopic (exact) mass is 379 g/mol. The zero-order chi connectivity index (χ0) is 18.4. The van der Waals surface area contributed by atoms with Crippen molar-refractivity contribution in [3.63, 3.8) is 0 Å². The number of anilines is 1. The van der Waals surface area contributed by atoms with E-state index >= 15 is 0 Å². The molecule has 134 valence electrons. The molecule has 0 spiro atoms. The number of aliphatic carboxylic acids is 1. The van der Waals surface area contributed by atoms with E-state index in [2.05, 4.69) is 13.8 Å². The molecule has 0 saturated carbocycles. The fourth-order valence-corrected chi connectivity index (χ4v) is 3.93. The van der Waals surface area contributed by atoms with Crippen LogP contribution in [0.25, 0.3) is 0 Å². The van der Waals surface area contributed by atoms with Gasteiger partial charge in [-0.05, 0) is 41.0 Å². The first-order valence-electron chi connectivity index (χ1n) is 8.25. The molecular formula is C19H22ClNO3S. The number of nitrogens with zero attached hydrogens (tertiary/aromatic N) is 1. The van der Waals surface area contributed by atoms with Crippen LogP contribution in [-0.4, -0.2) is 22.9 Å². The molecule has 4 nitrogen and oxygen atoms in total. The third-order valence-electron chi connectivity index (χ3n) is 4.13. The first kappa shape index (κ1) is 19.5. The number of thiophene rings is 1. The number of halogens is 1. The van der Waals surface area contributed by atoms with Gasteiger partial charge in [-0.3, -0.25) is 9.59 Å². The Kier molecular flexibility index (Phi) is 7.02. The van der Waals surface area contributed by atoms with Crippen LogP contribution in [0.15, 0.2) is 29.6 Å². The summed E-state index contributed by atoms with van der Waals surface area (Å²) in [5.74, 6) is -1.16. The van der Waals surface area contributed by atoms with E-state index in [0.29, 0.717) is 6.54 Å². The Morgan fingerprint density at radius 1 is 1.12 bits per heavy atom. The normalized spacial score (nSPS) is 10.7. The Morgan fingerprint density at radius 3 is 2.28 bits per heavy atom. The number of hydrogen-bond donors (Lipinski definition) is 1. The van der Waals surface area contributed by atoms with Gasteiger partial charge in [-0.25, -0.2) is 0 Å². The van der Waals surface area contributed by atoms with E-state index in [1.165, 1.54) is 11.3 Å². The number of para-hydroxylation sites is 1. The third kappa shape index (κ3) is 4.61. The van der Waals surface area contributed by atoms with Gasteiger partial charge < -0.3 is 10.0 Å². The van der Waals surface area contributed by atoms with Gasteiger partial charge in [0.25, 0.3) is 0 Å². The fourth-order valence-electron chi connectivity index (χ4n) is 2.90.